The van der Waals surface area contributed by atoms with Crippen LogP contribution in [-0.2, 0) is 29.1 Å². The fraction of sp³-hybridized carbons (Fsp3) is 0.421. The molecule has 3 atom stereocenters. The van der Waals surface area contributed by atoms with Crippen molar-refractivity contribution >= 4 is 28.0 Å². The van der Waals surface area contributed by atoms with Gasteiger partial charge in [0.1, 0.15) is 18.5 Å². The van der Waals surface area contributed by atoms with E-state index in [0.29, 0.717) is 0 Å². The van der Waals surface area contributed by atoms with Gasteiger partial charge in [-0.25, -0.2) is 22.4 Å². The highest BCUT2D eigenvalue weighted by atomic mass is 32.2. The van der Waals surface area contributed by atoms with Crippen molar-refractivity contribution in [3.63, 3.8) is 0 Å². The van der Waals surface area contributed by atoms with Crippen LogP contribution in [0.5, 0.6) is 0 Å². The lowest BCUT2D eigenvalue weighted by Gasteiger charge is -2.27. The summed E-state index contributed by atoms with van der Waals surface area (Å²) in [6.45, 7) is 3.77. The van der Waals surface area contributed by atoms with Gasteiger partial charge in [-0.1, -0.05) is 0 Å². The van der Waals surface area contributed by atoms with Crippen LogP contribution >= 0.6 is 0 Å². The lowest BCUT2D eigenvalue weighted by atomic mass is 10.0. The van der Waals surface area contributed by atoms with E-state index in [1.165, 1.54) is 6.92 Å². The lowest BCUT2D eigenvalue weighted by molar-refractivity contribution is -0.147. The normalized spacial score (nSPS) is 18.3. The Bertz CT molecular complexity index is 1010. The molecule has 4 N–H and O–H groups in total. The molecule has 1 aromatic carbocycles. The number of carbonyl (C=O) groups excluding carboxylic acids is 3. The Morgan fingerprint density at radius 1 is 1.25 bits per heavy atom. The van der Waals surface area contributed by atoms with Crippen molar-refractivity contribution in [1.29, 1.82) is 0 Å². The summed E-state index contributed by atoms with van der Waals surface area (Å²) in [6, 6.07) is 0.742. The minimum absolute atomic E-state index is 0.0275. The third-order valence-electron chi connectivity index (χ3n) is 4.37. The number of ether oxygens (including phenoxy) is 2. The van der Waals surface area contributed by atoms with Crippen molar-refractivity contribution in [3.05, 3.63) is 41.4 Å². The summed E-state index contributed by atoms with van der Waals surface area (Å²) in [5, 5.41) is 14.7. The van der Waals surface area contributed by atoms with Gasteiger partial charge in [-0.15, -0.1) is 0 Å². The minimum Gasteiger partial charge on any atom is -0.463 e. The van der Waals surface area contributed by atoms with Crippen LogP contribution in [0.2, 0.25) is 0 Å². The number of rotatable bonds is 9. The van der Waals surface area contributed by atoms with Crippen LogP contribution in [0.25, 0.3) is 0 Å². The second-order valence-corrected chi connectivity index (χ2v) is 8.55. The Labute approximate surface area is 184 Å². The first-order valence-electron chi connectivity index (χ1n) is 9.56. The fourth-order valence-corrected chi connectivity index (χ4v) is 4.08. The van der Waals surface area contributed by atoms with Crippen LogP contribution in [0.4, 0.5) is 9.18 Å². The smallest absolute Gasteiger partial charge is 0.338 e. The number of sulfonamides is 1. The average Bonchev–Trinajstić information content (AvgIpc) is 2.70. The van der Waals surface area contributed by atoms with E-state index in [0.717, 1.165) is 31.2 Å². The van der Waals surface area contributed by atoms with Crippen molar-refractivity contribution < 1.29 is 41.8 Å². The molecule has 11 nitrogen and oxygen atoms in total. The summed E-state index contributed by atoms with van der Waals surface area (Å²) < 4.78 is 50.0. The summed E-state index contributed by atoms with van der Waals surface area (Å²) in [6.07, 6.45) is -1.50. The predicted molar refractivity (Wildman–Crippen MR) is 108 cm³/mol. The number of benzene rings is 1. The molecule has 0 unspecified atom stereocenters. The molecule has 32 heavy (non-hydrogen) atoms. The fourth-order valence-electron chi connectivity index (χ4n) is 2.82. The quantitative estimate of drug-likeness (QED) is 0.362. The van der Waals surface area contributed by atoms with Gasteiger partial charge in [0.2, 0.25) is 10.0 Å². The molecule has 176 valence electrons. The molecule has 2 rings (SSSR count). The van der Waals surface area contributed by atoms with Gasteiger partial charge in [0, 0.05) is 0 Å². The van der Waals surface area contributed by atoms with Crippen molar-refractivity contribution in [2.24, 2.45) is 0 Å². The van der Waals surface area contributed by atoms with Gasteiger partial charge < -0.3 is 25.2 Å². The molecule has 1 aliphatic rings. The van der Waals surface area contributed by atoms with Crippen molar-refractivity contribution in [2.75, 3.05) is 13.2 Å². The average molecular weight is 473 g/mol. The molecule has 1 aromatic rings. The third kappa shape index (κ3) is 6.24. The summed E-state index contributed by atoms with van der Waals surface area (Å²) in [5.74, 6) is -2.55. The summed E-state index contributed by atoms with van der Waals surface area (Å²) in [4.78, 5) is 36.2. The van der Waals surface area contributed by atoms with Crippen LogP contribution in [0.1, 0.15) is 20.8 Å². The monoisotopic (exact) mass is 473 g/mol. The van der Waals surface area contributed by atoms with Crippen LogP contribution in [-0.4, -0.2) is 62.9 Å². The summed E-state index contributed by atoms with van der Waals surface area (Å²) in [7, 11) is -4.30. The SMILES string of the molecule is CCOC(=O)C1=C(COC(=O)[C@@H](NS(=O)(=O)c2ccc(F)cc2)[C@@H](C)O)NC(=O)N[C@H]1C. The Hall–Kier alpha value is -3.03. The maximum absolute atomic E-state index is 13.1. The lowest BCUT2D eigenvalue weighted by Crippen LogP contribution is -2.51. The van der Waals surface area contributed by atoms with E-state index in [2.05, 4.69) is 10.6 Å². The molecule has 0 saturated carbocycles. The van der Waals surface area contributed by atoms with Gasteiger partial charge in [-0.3, -0.25) is 4.79 Å². The molecule has 0 aliphatic carbocycles. The van der Waals surface area contributed by atoms with Crippen LogP contribution < -0.4 is 15.4 Å². The molecule has 2 amide bonds. The van der Waals surface area contributed by atoms with Crippen LogP contribution in [0.15, 0.2) is 40.4 Å². The number of esters is 2. The molecule has 13 heteroatoms. The molecular formula is C19H24FN3O8S. The molecule has 0 fully saturated rings. The second kappa shape index (κ2) is 10.5. The number of halogens is 1. The number of nitrogens with one attached hydrogen (secondary N) is 3. The third-order valence-corrected chi connectivity index (χ3v) is 5.82. The first kappa shape index (κ1) is 25.2. The number of aliphatic hydroxyl groups excluding tert-OH is 1. The van der Waals surface area contributed by atoms with Gasteiger partial charge in [-0.05, 0) is 45.0 Å². The summed E-state index contributed by atoms with van der Waals surface area (Å²) in [5.41, 5.74) is -0.0153. The van der Waals surface area contributed by atoms with E-state index in [-0.39, 0.29) is 22.8 Å². The molecule has 0 radical (unpaired) electrons. The van der Waals surface area contributed by atoms with Gasteiger partial charge in [0.25, 0.3) is 0 Å². The first-order valence-corrected chi connectivity index (χ1v) is 11.0. The Morgan fingerprint density at radius 3 is 2.44 bits per heavy atom. The Morgan fingerprint density at radius 2 is 1.88 bits per heavy atom. The van der Waals surface area contributed by atoms with Crippen molar-refractivity contribution in [3.8, 4) is 0 Å². The second-order valence-electron chi connectivity index (χ2n) is 6.83. The number of amides is 2. The maximum Gasteiger partial charge on any atom is 0.338 e. The number of hydrogen-bond donors (Lipinski definition) is 4. The molecule has 0 spiro atoms. The van der Waals surface area contributed by atoms with Crippen molar-refractivity contribution in [2.45, 2.75) is 43.9 Å². The largest absolute Gasteiger partial charge is 0.463 e. The van der Waals surface area contributed by atoms with Gasteiger partial charge >= 0.3 is 18.0 Å². The standard InChI is InChI=1S/C19H24FN3O8S/c1-4-30-17(25)15-10(2)21-19(27)22-14(15)9-31-18(26)16(11(3)24)23-32(28,29)13-7-5-12(20)6-8-13/h5-8,10-11,16,23-24H,4,9H2,1-3H3,(H2,21,22,27)/t10-,11+,16-/m0/s1. The van der Waals surface area contributed by atoms with Gasteiger partial charge in [0.05, 0.1) is 34.9 Å². The van der Waals surface area contributed by atoms with E-state index < -0.39 is 58.6 Å². The zero-order valence-electron chi connectivity index (χ0n) is 17.5. The van der Waals surface area contributed by atoms with E-state index in [1.807, 2.05) is 4.72 Å². The molecule has 1 heterocycles. The highest BCUT2D eigenvalue weighted by molar-refractivity contribution is 7.89. The van der Waals surface area contributed by atoms with E-state index in [1.54, 1.807) is 6.92 Å². The number of carbonyl (C=O) groups is 3. The van der Waals surface area contributed by atoms with E-state index in [4.69, 9.17) is 9.47 Å². The molecule has 0 saturated heterocycles. The van der Waals surface area contributed by atoms with E-state index >= 15 is 0 Å². The highest BCUT2D eigenvalue weighted by Gasteiger charge is 2.33. The molecule has 1 aliphatic heterocycles. The van der Waals surface area contributed by atoms with Crippen LogP contribution in [0.3, 0.4) is 0 Å². The number of aliphatic hydroxyl groups is 1. The zero-order valence-corrected chi connectivity index (χ0v) is 18.4. The van der Waals surface area contributed by atoms with E-state index in [9.17, 15) is 32.3 Å². The topological polar surface area (TPSA) is 160 Å². The first-order chi connectivity index (χ1) is 15.0. The maximum atomic E-state index is 13.1. The van der Waals surface area contributed by atoms with Crippen molar-refractivity contribution in [1.82, 2.24) is 15.4 Å². The molecule has 0 bridgehead atoms. The molecular weight excluding hydrogens is 449 g/mol. The predicted octanol–water partition coefficient (Wildman–Crippen LogP) is -0.0849. The molecule has 0 aromatic heterocycles. The highest BCUT2D eigenvalue weighted by Crippen LogP contribution is 2.16. The van der Waals surface area contributed by atoms with Crippen LogP contribution in [0, 0.1) is 5.82 Å². The zero-order chi connectivity index (χ0) is 24.1. The number of hydrogen-bond acceptors (Lipinski definition) is 8. The summed E-state index contributed by atoms with van der Waals surface area (Å²) >= 11 is 0. The Kier molecular flexibility index (Phi) is 8.30. The Balaban J connectivity index is 2.20. The minimum atomic E-state index is -4.30. The van der Waals surface area contributed by atoms with Gasteiger partial charge in [0.15, 0.2) is 0 Å². The van der Waals surface area contributed by atoms with Gasteiger partial charge in [-0.2, -0.15) is 4.72 Å². The number of urea groups is 1.